The highest BCUT2D eigenvalue weighted by atomic mass is 16.5. The third-order valence-electron chi connectivity index (χ3n) is 2.72. The number of aliphatic carboxylic acids is 1. The van der Waals surface area contributed by atoms with Gasteiger partial charge in [-0.05, 0) is 12.2 Å². The van der Waals surface area contributed by atoms with Gasteiger partial charge >= 0.3 is 5.97 Å². The maximum Gasteiger partial charge on any atom is 0.331 e. The second-order valence-corrected chi connectivity index (χ2v) is 3.79. The van der Waals surface area contributed by atoms with Crippen molar-refractivity contribution in [2.24, 2.45) is 0 Å². The molecule has 0 fully saturated rings. The van der Waals surface area contributed by atoms with Crippen molar-refractivity contribution >= 4 is 5.97 Å². The number of ether oxygens (including phenoxy) is 1. The van der Waals surface area contributed by atoms with Crippen LogP contribution in [0.15, 0.2) is 23.8 Å². The maximum atomic E-state index is 10.8. The molecule has 3 N–H and O–H groups in total. The van der Waals surface area contributed by atoms with E-state index >= 15 is 0 Å². The van der Waals surface area contributed by atoms with E-state index in [9.17, 15) is 15.0 Å². The number of aliphatic hydroxyl groups excluding tert-OH is 1. The molecule has 0 aromatic carbocycles. The van der Waals surface area contributed by atoms with Crippen molar-refractivity contribution in [3.8, 4) is 0 Å². The molecule has 0 spiro atoms. The van der Waals surface area contributed by atoms with Crippen LogP contribution in [0.5, 0.6) is 0 Å². The van der Waals surface area contributed by atoms with Crippen LogP contribution < -0.4 is 0 Å². The minimum absolute atomic E-state index is 0.0688. The zero-order valence-electron chi connectivity index (χ0n) is 7.96. The van der Waals surface area contributed by atoms with Gasteiger partial charge in [-0.25, -0.2) is 4.79 Å². The van der Waals surface area contributed by atoms with Gasteiger partial charge in [0, 0.05) is 12.0 Å². The van der Waals surface area contributed by atoms with Crippen molar-refractivity contribution < 1.29 is 24.9 Å². The van der Waals surface area contributed by atoms with Crippen molar-refractivity contribution in [2.45, 2.75) is 24.2 Å². The maximum absolute atomic E-state index is 10.8. The van der Waals surface area contributed by atoms with Crippen LogP contribution in [0.1, 0.15) is 6.42 Å². The molecule has 0 radical (unpaired) electrons. The fourth-order valence-corrected chi connectivity index (χ4v) is 1.91. The number of rotatable bonds is 1. The second-order valence-electron chi connectivity index (χ2n) is 3.79. The molecule has 0 aromatic heterocycles. The lowest BCUT2D eigenvalue weighted by Crippen LogP contribution is -2.50. The predicted molar refractivity (Wildman–Crippen MR) is 50.2 cm³/mol. The van der Waals surface area contributed by atoms with Crippen molar-refractivity contribution in [2.75, 3.05) is 6.61 Å². The lowest BCUT2D eigenvalue weighted by Gasteiger charge is -2.35. The SMILES string of the molecule is O=C(O)C1=C[C@@]2(O)C=CCO[C@@H](C1)[C@H]2O. The average molecular weight is 212 g/mol. The van der Waals surface area contributed by atoms with Gasteiger partial charge in [0.25, 0.3) is 0 Å². The van der Waals surface area contributed by atoms with Crippen molar-refractivity contribution in [3.05, 3.63) is 23.8 Å². The molecule has 0 saturated carbocycles. The number of hydrogen-bond acceptors (Lipinski definition) is 4. The molecule has 15 heavy (non-hydrogen) atoms. The van der Waals surface area contributed by atoms with E-state index in [-0.39, 0.29) is 18.6 Å². The van der Waals surface area contributed by atoms with E-state index in [1.54, 1.807) is 6.08 Å². The Bertz CT molecular complexity index is 346. The quantitative estimate of drug-likeness (QED) is 0.507. The summed E-state index contributed by atoms with van der Waals surface area (Å²) in [5, 5.41) is 28.6. The Kier molecular flexibility index (Phi) is 2.38. The van der Waals surface area contributed by atoms with Crippen LogP contribution in [-0.2, 0) is 9.53 Å². The third kappa shape index (κ3) is 1.69. The van der Waals surface area contributed by atoms with Crippen molar-refractivity contribution in [1.29, 1.82) is 0 Å². The molecule has 1 aliphatic carbocycles. The van der Waals surface area contributed by atoms with Gasteiger partial charge in [0.15, 0.2) is 0 Å². The van der Waals surface area contributed by atoms with Gasteiger partial charge in [-0.1, -0.05) is 6.08 Å². The van der Waals surface area contributed by atoms with Crippen LogP contribution in [0, 0.1) is 0 Å². The summed E-state index contributed by atoms with van der Waals surface area (Å²) in [7, 11) is 0. The van der Waals surface area contributed by atoms with Crippen molar-refractivity contribution in [1.82, 2.24) is 0 Å². The van der Waals surface area contributed by atoms with Crippen LogP contribution in [0.2, 0.25) is 0 Å². The Labute approximate surface area is 86.3 Å². The molecule has 1 aliphatic heterocycles. The Hall–Kier alpha value is -1.17. The van der Waals surface area contributed by atoms with E-state index < -0.39 is 23.8 Å². The molecule has 2 rings (SSSR count). The molecule has 3 atom stereocenters. The first-order valence-electron chi connectivity index (χ1n) is 4.68. The third-order valence-corrected chi connectivity index (χ3v) is 2.72. The summed E-state index contributed by atoms with van der Waals surface area (Å²) in [5.74, 6) is -1.09. The van der Waals surface area contributed by atoms with Crippen LogP contribution in [0.4, 0.5) is 0 Å². The number of carbonyl (C=O) groups is 1. The van der Waals surface area contributed by atoms with E-state index in [1.165, 1.54) is 12.2 Å². The lowest BCUT2D eigenvalue weighted by atomic mass is 9.82. The van der Waals surface area contributed by atoms with E-state index in [2.05, 4.69) is 0 Å². The number of hydrogen-bond donors (Lipinski definition) is 3. The Morgan fingerprint density at radius 1 is 1.60 bits per heavy atom. The molecule has 82 valence electrons. The van der Waals surface area contributed by atoms with Crippen molar-refractivity contribution in [3.63, 3.8) is 0 Å². The predicted octanol–water partition coefficient (Wildman–Crippen LogP) is -0.552. The van der Waals surface area contributed by atoms with Crippen LogP contribution >= 0.6 is 0 Å². The zero-order chi connectivity index (χ0) is 11.1. The highest BCUT2D eigenvalue weighted by Crippen LogP contribution is 2.32. The minimum atomic E-state index is -1.62. The summed E-state index contributed by atoms with van der Waals surface area (Å²) in [5.41, 5.74) is -1.55. The Balaban J connectivity index is 2.42. The van der Waals surface area contributed by atoms with Crippen LogP contribution in [0.25, 0.3) is 0 Å². The molecule has 5 nitrogen and oxygen atoms in total. The number of carboxylic acids is 1. The van der Waals surface area contributed by atoms with E-state index in [4.69, 9.17) is 9.84 Å². The highest BCUT2D eigenvalue weighted by Gasteiger charge is 2.44. The van der Waals surface area contributed by atoms with Gasteiger partial charge in [-0.3, -0.25) is 0 Å². The summed E-state index contributed by atoms with van der Waals surface area (Å²) in [4.78, 5) is 10.8. The number of aliphatic hydroxyl groups is 2. The van der Waals surface area contributed by atoms with Gasteiger partial charge in [-0.15, -0.1) is 0 Å². The van der Waals surface area contributed by atoms with Gasteiger partial charge < -0.3 is 20.1 Å². The molecule has 2 aliphatic rings. The molecule has 0 unspecified atom stereocenters. The van der Waals surface area contributed by atoms with E-state index in [1.807, 2.05) is 0 Å². The average Bonchev–Trinajstić information content (AvgIpc) is 2.28. The Morgan fingerprint density at radius 3 is 3.00 bits per heavy atom. The topological polar surface area (TPSA) is 87.0 Å². The molecule has 0 amide bonds. The summed E-state index contributed by atoms with van der Waals surface area (Å²) < 4.78 is 5.23. The summed E-state index contributed by atoms with van der Waals surface area (Å²) in [6.45, 7) is 0.269. The first kappa shape index (κ1) is 10.4. The van der Waals surface area contributed by atoms with Gasteiger partial charge in [0.05, 0.1) is 12.7 Å². The second kappa shape index (κ2) is 3.44. The normalized spacial score (nSPS) is 39.5. The van der Waals surface area contributed by atoms with Gasteiger partial charge in [0.2, 0.25) is 0 Å². The fraction of sp³-hybridized carbons (Fsp3) is 0.500. The Morgan fingerprint density at radius 2 is 2.33 bits per heavy atom. The van der Waals surface area contributed by atoms with Gasteiger partial charge in [-0.2, -0.15) is 0 Å². The number of carboxylic acid groups (broad SMARTS) is 1. The minimum Gasteiger partial charge on any atom is -0.478 e. The molecule has 1 heterocycles. The zero-order valence-corrected chi connectivity index (χ0v) is 7.96. The highest BCUT2D eigenvalue weighted by molar-refractivity contribution is 5.87. The summed E-state index contributed by atoms with van der Waals surface area (Å²) in [6.07, 6.45) is 2.47. The molecule has 2 bridgehead atoms. The fourth-order valence-electron chi connectivity index (χ4n) is 1.91. The first-order valence-corrected chi connectivity index (χ1v) is 4.68. The smallest absolute Gasteiger partial charge is 0.331 e. The largest absolute Gasteiger partial charge is 0.478 e. The molecule has 0 aromatic rings. The van der Waals surface area contributed by atoms with Crippen LogP contribution in [0.3, 0.4) is 0 Å². The summed E-state index contributed by atoms with van der Waals surface area (Å²) in [6, 6.07) is 0. The van der Waals surface area contributed by atoms with Crippen LogP contribution in [-0.4, -0.2) is 45.7 Å². The number of fused-ring (bicyclic) bond motifs is 2. The molecular weight excluding hydrogens is 200 g/mol. The van der Waals surface area contributed by atoms with E-state index in [0.717, 1.165) is 0 Å². The van der Waals surface area contributed by atoms with Gasteiger partial charge in [0.1, 0.15) is 11.7 Å². The molecular formula is C10H12O5. The van der Waals surface area contributed by atoms with E-state index in [0.29, 0.717) is 0 Å². The first-order chi connectivity index (χ1) is 7.03. The molecule has 5 heteroatoms. The monoisotopic (exact) mass is 212 g/mol. The standard InChI is InChI=1S/C10H12O5/c11-8-7-4-6(9(12)13)5-10(8,14)2-1-3-15-7/h1-2,5,7-8,11,14H,3-4H2,(H,12,13)/t7-,8+,10-/m0/s1. The lowest BCUT2D eigenvalue weighted by molar-refractivity contribution is -0.136. The molecule has 0 saturated heterocycles. The summed E-state index contributed by atoms with van der Waals surface area (Å²) >= 11 is 0.